The first kappa shape index (κ1) is 23.5. The van der Waals surface area contributed by atoms with Gasteiger partial charge in [0, 0.05) is 0 Å². The Hall–Kier alpha value is -2.62. The van der Waals surface area contributed by atoms with Gasteiger partial charge in [0.05, 0.1) is 13.2 Å². The highest BCUT2D eigenvalue weighted by Gasteiger charge is 2.41. The third-order valence-corrected chi connectivity index (χ3v) is 7.46. The zero-order chi connectivity index (χ0) is 23.1. The molecule has 0 radical (unpaired) electrons. The van der Waals surface area contributed by atoms with Gasteiger partial charge in [-0.3, -0.25) is 0 Å². The molecule has 3 aromatic rings. The van der Waals surface area contributed by atoms with Gasteiger partial charge in [-0.15, -0.1) is 0 Å². The smallest absolute Gasteiger partial charge is 0.118 e. The van der Waals surface area contributed by atoms with Gasteiger partial charge in [-0.25, -0.2) is 0 Å². The summed E-state index contributed by atoms with van der Waals surface area (Å²) < 4.78 is 5.20. The molecule has 1 aliphatic carbocycles. The first-order chi connectivity index (χ1) is 16.1. The van der Waals surface area contributed by atoms with Crippen molar-refractivity contribution in [3.63, 3.8) is 0 Å². The Kier molecular flexibility index (Phi) is 7.85. The predicted octanol–water partition coefficient (Wildman–Crippen LogP) is 6.64. The second-order valence-corrected chi connectivity index (χ2v) is 9.44. The van der Waals surface area contributed by atoms with E-state index in [4.69, 9.17) is 4.74 Å². The highest BCUT2D eigenvalue weighted by Crippen LogP contribution is 2.46. The molecule has 1 fully saturated rings. The molecule has 3 aromatic carbocycles. The Morgan fingerprint density at radius 3 is 1.88 bits per heavy atom. The highest BCUT2D eigenvalue weighted by atomic mass is 16.5. The largest absolute Gasteiger partial charge is 0.497 e. The zero-order valence-electron chi connectivity index (χ0n) is 19.6. The minimum Gasteiger partial charge on any atom is -0.497 e. The van der Waals surface area contributed by atoms with Gasteiger partial charge >= 0.3 is 0 Å². The van der Waals surface area contributed by atoms with Gasteiger partial charge < -0.3 is 14.9 Å². The van der Waals surface area contributed by atoms with Gasteiger partial charge in [0.15, 0.2) is 0 Å². The van der Waals surface area contributed by atoms with Crippen molar-refractivity contribution in [3.05, 3.63) is 102 Å². The van der Waals surface area contributed by atoms with E-state index in [1.807, 2.05) is 60.7 Å². The molecule has 1 atom stereocenters. The minimum atomic E-state index is -0.946. The third-order valence-electron chi connectivity index (χ3n) is 7.46. The molecule has 1 saturated carbocycles. The van der Waals surface area contributed by atoms with Crippen molar-refractivity contribution in [2.45, 2.75) is 56.7 Å². The van der Waals surface area contributed by atoms with Crippen LogP contribution in [-0.2, 0) is 5.60 Å². The van der Waals surface area contributed by atoms with Crippen LogP contribution in [0.3, 0.4) is 0 Å². The van der Waals surface area contributed by atoms with Gasteiger partial charge in [-0.05, 0) is 59.9 Å². The lowest BCUT2D eigenvalue weighted by atomic mass is 9.67. The molecule has 0 aromatic heterocycles. The summed E-state index contributed by atoms with van der Waals surface area (Å²) in [6.07, 6.45) is 6.81. The number of ether oxygens (including phenoxy) is 1. The lowest BCUT2D eigenvalue weighted by Gasteiger charge is -2.41. The van der Waals surface area contributed by atoms with Crippen LogP contribution in [0.25, 0.3) is 0 Å². The summed E-state index contributed by atoms with van der Waals surface area (Å²) in [5, 5.41) is 22.6. The van der Waals surface area contributed by atoms with Crippen molar-refractivity contribution in [2.75, 3.05) is 7.11 Å². The van der Waals surface area contributed by atoms with Crippen LogP contribution >= 0.6 is 0 Å². The van der Waals surface area contributed by atoms with Crippen LogP contribution in [0.15, 0.2) is 84.9 Å². The van der Waals surface area contributed by atoms with E-state index in [1.165, 1.54) is 0 Å². The molecule has 1 aliphatic rings. The van der Waals surface area contributed by atoms with E-state index in [0.717, 1.165) is 67.4 Å². The van der Waals surface area contributed by atoms with E-state index < -0.39 is 11.7 Å². The van der Waals surface area contributed by atoms with Crippen molar-refractivity contribution in [1.82, 2.24) is 0 Å². The van der Waals surface area contributed by atoms with Crippen molar-refractivity contribution >= 4 is 0 Å². The molecule has 3 heteroatoms. The second-order valence-electron chi connectivity index (χ2n) is 9.44. The van der Waals surface area contributed by atoms with E-state index in [0.29, 0.717) is 5.92 Å². The van der Waals surface area contributed by atoms with E-state index in [1.54, 1.807) is 7.11 Å². The topological polar surface area (TPSA) is 49.7 Å². The fourth-order valence-corrected chi connectivity index (χ4v) is 5.48. The Bertz CT molecular complexity index is 921. The second kappa shape index (κ2) is 11.0. The molecule has 4 rings (SSSR count). The summed E-state index contributed by atoms with van der Waals surface area (Å²) in [6.45, 7) is 0. The first-order valence-electron chi connectivity index (χ1n) is 12.3. The van der Waals surface area contributed by atoms with E-state index in [2.05, 4.69) is 24.3 Å². The first-order valence-corrected chi connectivity index (χ1v) is 12.3. The maximum atomic E-state index is 12.0. The van der Waals surface area contributed by atoms with Crippen molar-refractivity contribution in [3.8, 4) is 5.75 Å². The molecule has 0 amide bonds. The van der Waals surface area contributed by atoms with Gasteiger partial charge in [0.25, 0.3) is 0 Å². The molecular formula is C30H36O3. The molecule has 0 saturated heterocycles. The van der Waals surface area contributed by atoms with Gasteiger partial charge in [0.2, 0.25) is 0 Å². The lowest BCUT2D eigenvalue weighted by Crippen LogP contribution is -2.38. The summed E-state index contributed by atoms with van der Waals surface area (Å²) >= 11 is 0. The molecule has 0 spiro atoms. The van der Waals surface area contributed by atoms with Gasteiger partial charge in [-0.2, -0.15) is 0 Å². The quantitative estimate of drug-likeness (QED) is 0.389. The average molecular weight is 445 g/mol. The van der Waals surface area contributed by atoms with Crippen LogP contribution < -0.4 is 4.74 Å². The predicted molar refractivity (Wildman–Crippen MR) is 133 cm³/mol. The summed E-state index contributed by atoms with van der Waals surface area (Å²) in [4.78, 5) is 0. The standard InChI is InChI=1S/C30H36O3/c1-33-28-21-17-24(18-22-28)29(31)14-8-9-23-15-19-27(20-16-23)30(32,25-10-4-2-5-11-25)26-12-6-3-7-13-26/h2-7,10-13,17-18,21-23,27,29,31-32H,8-9,14-16,19-20H2,1H3. The van der Waals surface area contributed by atoms with Crippen LogP contribution in [0.2, 0.25) is 0 Å². The number of methoxy groups -OCH3 is 1. The van der Waals surface area contributed by atoms with Crippen molar-refractivity contribution < 1.29 is 14.9 Å². The number of aliphatic hydroxyl groups excluding tert-OH is 1. The molecular weight excluding hydrogens is 408 g/mol. The lowest BCUT2D eigenvalue weighted by molar-refractivity contribution is -0.00829. The van der Waals surface area contributed by atoms with Crippen LogP contribution in [0.5, 0.6) is 5.75 Å². The Morgan fingerprint density at radius 2 is 1.36 bits per heavy atom. The van der Waals surface area contributed by atoms with Crippen molar-refractivity contribution in [1.29, 1.82) is 0 Å². The normalized spacial score (nSPS) is 19.7. The van der Waals surface area contributed by atoms with E-state index in [9.17, 15) is 10.2 Å². The van der Waals surface area contributed by atoms with Crippen LogP contribution in [0.1, 0.15) is 67.7 Å². The molecule has 33 heavy (non-hydrogen) atoms. The molecule has 174 valence electrons. The fourth-order valence-electron chi connectivity index (χ4n) is 5.48. The van der Waals surface area contributed by atoms with Gasteiger partial charge in [0.1, 0.15) is 11.4 Å². The maximum absolute atomic E-state index is 12.0. The summed E-state index contributed by atoms with van der Waals surface area (Å²) in [5.74, 6) is 1.69. The van der Waals surface area contributed by atoms with Gasteiger partial charge in [-0.1, -0.05) is 98.5 Å². The maximum Gasteiger partial charge on any atom is 0.118 e. The highest BCUT2D eigenvalue weighted by molar-refractivity contribution is 5.37. The Labute approximate surface area is 198 Å². The summed E-state index contributed by atoms with van der Waals surface area (Å²) in [5.41, 5.74) is 1.98. The SMILES string of the molecule is COc1ccc(C(O)CCCC2CCC(C(O)(c3ccccc3)c3ccccc3)CC2)cc1. The van der Waals surface area contributed by atoms with E-state index in [-0.39, 0.29) is 5.92 Å². The Morgan fingerprint density at radius 1 is 0.818 bits per heavy atom. The molecule has 3 nitrogen and oxygen atoms in total. The van der Waals surface area contributed by atoms with E-state index >= 15 is 0 Å². The molecule has 2 N–H and O–H groups in total. The molecule has 0 bridgehead atoms. The third kappa shape index (κ3) is 5.48. The van der Waals surface area contributed by atoms with Crippen molar-refractivity contribution in [2.24, 2.45) is 11.8 Å². The van der Waals surface area contributed by atoms with Crippen LogP contribution in [0.4, 0.5) is 0 Å². The minimum absolute atomic E-state index is 0.212. The average Bonchev–Trinajstić information content (AvgIpc) is 2.89. The monoisotopic (exact) mass is 444 g/mol. The summed E-state index contributed by atoms with van der Waals surface area (Å²) in [6, 6.07) is 28.0. The zero-order valence-corrected chi connectivity index (χ0v) is 19.6. The summed E-state index contributed by atoms with van der Waals surface area (Å²) in [7, 11) is 1.65. The number of benzene rings is 3. The Balaban J connectivity index is 1.33. The number of hydrogen-bond acceptors (Lipinski definition) is 3. The van der Waals surface area contributed by atoms with Crippen LogP contribution in [0, 0.1) is 11.8 Å². The van der Waals surface area contributed by atoms with Crippen LogP contribution in [-0.4, -0.2) is 17.3 Å². The molecule has 0 aliphatic heterocycles. The number of rotatable bonds is 9. The molecule has 0 heterocycles. The fraction of sp³-hybridized carbons (Fsp3) is 0.400. The molecule has 1 unspecified atom stereocenters. The number of hydrogen-bond donors (Lipinski definition) is 2. The number of aliphatic hydroxyl groups is 2.